The lowest BCUT2D eigenvalue weighted by atomic mass is 9.81. The largest absolute Gasteiger partial charge is 0.442 e. The number of amides is 1. The molecule has 5 rings (SSSR count). The quantitative estimate of drug-likeness (QED) is 0.863. The molecule has 3 fully saturated rings. The van der Waals surface area contributed by atoms with Crippen LogP contribution in [0.15, 0.2) is 35.8 Å². The molecule has 1 amide bonds. The van der Waals surface area contributed by atoms with Gasteiger partial charge in [-0.05, 0) is 5.56 Å². The van der Waals surface area contributed by atoms with Gasteiger partial charge in [-0.15, -0.1) is 11.3 Å². The summed E-state index contributed by atoms with van der Waals surface area (Å²) in [4.78, 5) is 17.7. The van der Waals surface area contributed by atoms with Gasteiger partial charge in [0.25, 0.3) is 0 Å². The molecule has 0 radical (unpaired) electrons. The number of hydrogen-bond donors (Lipinski definition) is 1. The predicted octanol–water partition coefficient (Wildman–Crippen LogP) is 3.74. The first-order valence-corrected chi connectivity index (χ1v) is 9.28. The Balaban J connectivity index is 1.45. The molecular weight excluding hydrogens is 322 g/mol. The highest BCUT2D eigenvalue weighted by Crippen LogP contribution is 2.39. The van der Waals surface area contributed by atoms with Crippen molar-refractivity contribution in [1.82, 2.24) is 4.98 Å². The number of carbonyl (C=O) groups excluding carboxylic acids is 1. The number of hydrogen-bond acceptors (Lipinski definition) is 4. The molecule has 6 heteroatoms. The Labute approximate surface area is 145 Å². The minimum absolute atomic E-state index is 0.275. The molecule has 2 aromatic rings. The van der Waals surface area contributed by atoms with Gasteiger partial charge in [0, 0.05) is 19.3 Å². The molecule has 1 aromatic heterocycles. The third kappa shape index (κ3) is 2.91. The Bertz CT molecular complexity index is 719. The maximum absolute atomic E-state index is 12.4. The highest BCUT2D eigenvalue weighted by Gasteiger charge is 2.49. The fraction of sp³-hybridized carbons (Fsp3) is 0.444. The first-order chi connectivity index (χ1) is 11.6. The van der Waals surface area contributed by atoms with Crippen molar-refractivity contribution < 1.29 is 14.0 Å². The van der Waals surface area contributed by atoms with Crippen LogP contribution in [0.3, 0.4) is 0 Å². The van der Waals surface area contributed by atoms with E-state index in [9.17, 15) is 4.79 Å². The van der Waals surface area contributed by atoms with Crippen LogP contribution in [-0.2, 0) is 4.74 Å². The summed E-state index contributed by atoms with van der Waals surface area (Å²) < 4.78 is 7.00. The fourth-order valence-corrected chi connectivity index (χ4v) is 4.48. The number of benzene rings is 1. The summed E-state index contributed by atoms with van der Waals surface area (Å²) in [7, 11) is 2.30. The molecule has 126 valence electrons. The molecule has 3 aliphatic heterocycles. The monoisotopic (exact) mass is 344 g/mol. The van der Waals surface area contributed by atoms with Gasteiger partial charge >= 0.3 is 6.09 Å². The molecule has 1 aromatic carbocycles. The topological polar surface area (TPSA) is 51.2 Å². The number of piperidine rings is 3. The van der Waals surface area contributed by atoms with E-state index >= 15 is 0 Å². The van der Waals surface area contributed by atoms with Crippen molar-refractivity contribution in [2.24, 2.45) is 0 Å². The van der Waals surface area contributed by atoms with Gasteiger partial charge in [-0.2, -0.15) is 0 Å². The second-order valence-electron chi connectivity index (χ2n) is 7.13. The Morgan fingerprint density at radius 3 is 2.54 bits per heavy atom. The van der Waals surface area contributed by atoms with Crippen LogP contribution in [-0.4, -0.2) is 47.8 Å². The van der Waals surface area contributed by atoms with Crippen molar-refractivity contribution in [3.05, 3.63) is 35.8 Å². The van der Waals surface area contributed by atoms with Crippen LogP contribution in [0.5, 0.6) is 0 Å². The number of carbonyl (C=O) groups is 1. The number of aromatic nitrogens is 1. The molecule has 0 unspecified atom stereocenters. The lowest BCUT2D eigenvalue weighted by Gasteiger charge is -2.51. The second-order valence-corrected chi connectivity index (χ2v) is 7.99. The number of nitrogens with zero attached hydrogens (tertiary/aromatic N) is 2. The Morgan fingerprint density at radius 1 is 1.21 bits per heavy atom. The number of rotatable bonds is 3. The molecule has 24 heavy (non-hydrogen) atoms. The molecular formula is C18H22N3O2S+. The molecule has 5 nitrogen and oxygen atoms in total. The number of thiazole rings is 1. The van der Waals surface area contributed by atoms with Gasteiger partial charge in [-0.25, -0.2) is 9.78 Å². The normalized spacial score (nSPS) is 28.5. The van der Waals surface area contributed by atoms with Gasteiger partial charge in [-0.1, -0.05) is 30.3 Å². The number of quaternary nitrogens is 1. The molecule has 0 aliphatic carbocycles. The highest BCUT2D eigenvalue weighted by molar-refractivity contribution is 7.13. The van der Waals surface area contributed by atoms with E-state index in [0.717, 1.165) is 53.8 Å². The number of ether oxygens (including phenoxy) is 1. The van der Waals surface area contributed by atoms with Gasteiger partial charge in [0.1, 0.15) is 5.60 Å². The lowest BCUT2D eigenvalue weighted by molar-refractivity contribution is -0.926. The molecule has 4 heterocycles. The Kier molecular flexibility index (Phi) is 3.81. The minimum atomic E-state index is -0.379. The summed E-state index contributed by atoms with van der Waals surface area (Å²) in [5.74, 6) is 0.583. The lowest BCUT2D eigenvalue weighted by Crippen LogP contribution is -2.63. The van der Waals surface area contributed by atoms with E-state index in [2.05, 4.69) is 17.3 Å². The van der Waals surface area contributed by atoms with Crippen LogP contribution in [0.25, 0.3) is 10.4 Å². The van der Waals surface area contributed by atoms with Crippen molar-refractivity contribution >= 4 is 23.2 Å². The number of nitrogens with one attached hydrogen (secondary N) is 1. The van der Waals surface area contributed by atoms with Crippen molar-refractivity contribution in [2.75, 3.05) is 32.0 Å². The van der Waals surface area contributed by atoms with Gasteiger partial charge < -0.3 is 9.22 Å². The first kappa shape index (κ1) is 15.6. The number of anilines is 1. The molecule has 3 saturated heterocycles. The standard InChI is InChI=1S/C18H21N3O2S/c1-21-10-7-18(8-11-21,9-12-21)23-17(22)20-16-15(24-13-19-16)14-5-3-2-4-6-14/h2-6,13H,7-12H2,1H3/p+1. The van der Waals surface area contributed by atoms with E-state index < -0.39 is 0 Å². The zero-order chi connectivity index (χ0) is 16.6. The molecule has 3 aliphatic rings. The summed E-state index contributed by atoms with van der Waals surface area (Å²) in [5, 5.41) is 2.86. The third-order valence-corrected chi connectivity index (χ3v) is 6.33. The summed E-state index contributed by atoms with van der Waals surface area (Å²) in [6.07, 6.45) is 2.49. The van der Waals surface area contributed by atoms with Crippen LogP contribution in [0.4, 0.5) is 10.6 Å². The zero-order valence-corrected chi connectivity index (χ0v) is 14.6. The average molecular weight is 344 g/mol. The van der Waals surface area contributed by atoms with Crippen LogP contribution in [0, 0.1) is 0 Å². The van der Waals surface area contributed by atoms with Crippen molar-refractivity contribution in [2.45, 2.75) is 24.9 Å². The Morgan fingerprint density at radius 2 is 1.88 bits per heavy atom. The molecule has 0 saturated carbocycles. The average Bonchev–Trinajstić information content (AvgIpc) is 3.05. The number of fused-ring (bicyclic) bond motifs is 3. The second kappa shape index (κ2) is 5.86. The van der Waals surface area contributed by atoms with E-state index in [4.69, 9.17) is 4.74 Å². The maximum atomic E-state index is 12.4. The zero-order valence-electron chi connectivity index (χ0n) is 13.8. The van der Waals surface area contributed by atoms with E-state index in [-0.39, 0.29) is 11.7 Å². The van der Waals surface area contributed by atoms with Gasteiger partial charge in [0.15, 0.2) is 5.82 Å². The maximum Gasteiger partial charge on any atom is 0.413 e. The summed E-state index contributed by atoms with van der Waals surface area (Å²) in [6.45, 7) is 3.29. The van der Waals surface area contributed by atoms with Gasteiger partial charge in [0.2, 0.25) is 0 Å². The van der Waals surface area contributed by atoms with Crippen molar-refractivity contribution in [1.29, 1.82) is 0 Å². The van der Waals surface area contributed by atoms with Gasteiger partial charge in [-0.3, -0.25) is 5.32 Å². The molecule has 0 spiro atoms. The van der Waals surface area contributed by atoms with Crippen LogP contribution >= 0.6 is 11.3 Å². The van der Waals surface area contributed by atoms with E-state index in [0.29, 0.717) is 5.82 Å². The molecule has 1 N–H and O–H groups in total. The summed E-state index contributed by atoms with van der Waals surface area (Å²) in [5.41, 5.74) is 2.53. The molecule has 0 atom stereocenters. The van der Waals surface area contributed by atoms with Crippen molar-refractivity contribution in [3.63, 3.8) is 0 Å². The van der Waals surface area contributed by atoms with E-state index in [1.807, 2.05) is 30.3 Å². The third-order valence-electron chi connectivity index (χ3n) is 5.45. The SMILES string of the molecule is C[N+]12CCC(OC(=O)Nc3ncsc3-c3ccccc3)(CC1)CC2. The van der Waals surface area contributed by atoms with E-state index in [1.54, 1.807) is 5.51 Å². The first-order valence-electron chi connectivity index (χ1n) is 8.40. The van der Waals surface area contributed by atoms with E-state index in [1.165, 1.54) is 11.3 Å². The molecule has 2 bridgehead atoms. The smallest absolute Gasteiger partial charge is 0.413 e. The minimum Gasteiger partial charge on any atom is -0.442 e. The Hall–Kier alpha value is -1.92. The van der Waals surface area contributed by atoms with Crippen LogP contribution in [0.2, 0.25) is 0 Å². The highest BCUT2D eigenvalue weighted by atomic mass is 32.1. The predicted molar refractivity (Wildman–Crippen MR) is 95.0 cm³/mol. The van der Waals surface area contributed by atoms with Crippen LogP contribution in [0.1, 0.15) is 19.3 Å². The summed E-state index contributed by atoms with van der Waals surface area (Å²) >= 11 is 1.52. The summed E-state index contributed by atoms with van der Waals surface area (Å²) in [6, 6.07) is 9.97. The van der Waals surface area contributed by atoms with Crippen molar-refractivity contribution in [3.8, 4) is 10.4 Å². The van der Waals surface area contributed by atoms with Crippen LogP contribution < -0.4 is 5.32 Å². The van der Waals surface area contributed by atoms with Gasteiger partial charge in [0.05, 0.1) is 37.1 Å². The fourth-order valence-electron chi connectivity index (χ4n) is 3.73.